The molecule has 1 aromatic carbocycles. The number of carbonyl (C=O) groups is 4. The van der Waals surface area contributed by atoms with E-state index in [9.17, 15) is 29.3 Å². The van der Waals surface area contributed by atoms with Gasteiger partial charge in [-0.3, -0.25) is 29.4 Å². The minimum absolute atomic E-state index is 0.0600. The zero-order chi connectivity index (χ0) is 29.2. The van der Waals surface area contributed by atoms with E-state index < -0.39 is 39.0 Å². The van der Waals surface area contributed by atoms with Crippen molar-refractivity contribution in [3.8, 4) is 0 Å². The van der Waals surface area contributed by atoms with E-state index >= 15 is 0 Å². The van der Waals surface area contributed by atoms with Crippen molar-refractivity contribution in [2.75, 3.05) is 32.4 Å². The van der Waals surface area contributed by atoms with Crippen LogP contribution in [0.4, 0.5) is 5.69 Å². The molecular weight excluding hydrogens is 585 g/mol. The Morgan fingerprint density at radius 2 is 2.02 bits per heavy atom. The molecule has 3 heterocycles. The summed E-state index contributed by atoms with van der Waals surface area (Å²) in [7, 11) is 2.03. The number of nitrogens with one attached hydrogen (secondary N) is 1. The van der Waals surface area contributed by atoms with Crippen LogP contribution in [-0.4, -0.2) is 86.7 Å². The van der Waals surface area contributed by atoms with Gasteiger partial charge >= 0.3 is 5.97 Å². The van der Waals surface area contributed by atoms with E-state index in [1.807, 2.05) is 13.1 Å². The number of nitro groups is 1. The molecule has 3 aliphatic heterocycles. The number of primary amides is 1. The Morgan fingerprint density at radius 1 is 1.32 bits per heavy atom. The van der Waals surface area contributed by atoms with Crippen LogP contribution in [0.25, 0.3) is 0 Å². The number of carbonyl (C=O) groups excluding carboxylic acids is 4. The Kier molecular flexibility index (Phi) is 9.08. The first-order valence-electron chi connectivity index (χ1n) is 12.4. The Hall–Kier alpha value is -3.13. The van der Waals surface area contributed by atoms with Gasteiger partial charge < -0.3 is 20.3 Å². The second kappa shape index (κ2) is 12.2. The fourth-order valence-electron chi connectivity index (χ4n) is 4.94. The van der Waals surface area contributed by atoms with Crippen molar-refractivity contribution in [2.45, 2.75) is 29.3 Å². The predicted molar refractivity (Wildman–Crippen MR) is 148 cm³/mol. The number of β-lactam (4-membered cyclic amide) rings is 1. The molecule has 40 heavy (non-hydrogen) atoms. The number of halogens is 2. The van der Waals surface area contributed by atoms with Crippen LogP contribution in [-0.2, 0) is 30.5 Å². The Labute approximate surface area is 244 Å². The largest absolute Gasteiger partial charge is 0.456 e. The zero-order valence-corrected chi connectivity index (χ0v) is 23.8. The number of ether oxygens (including phenoxy) is 1. The number of fused-ring (bicyclic) bond motifs is 1. The quantitative estimate of drug-likeness (QED) is 0.100. The smallest absolute Gasteiger partial charge is 0.355 e. The monoisotopic (exact) mass is 612 g/mol. The maximum Gasteiger partial charge on any atom is 0.355 e. The highest BCUT2D eigenvalue weighted by Crippen LogP contribution is 2.41. The maximum absolute atomic E-state index is 13.3. The van der Waals surface area contributed by atoms with Gasteiger partial charge in [0.2, 0.25) is 5.91 Å². The summed E-state index contributed by atoms with van der Waals surface area (Å²) in [6.07, 6.45) is 4.39. The van der Waals surface area contributed by atoms with E-state index in [2.05, 4.69) is 5.32 Å². The summed E-state index contributed by atoms with van der Waals surface area (Å²) < 4.78 is 6.12. The van der Waals surface area contributed by atoms with Crippen molar-refractivity contribution in [1.29, 1.82) is 0 Å². The number of amides is 3. The molecule has 0 aliphatic carbocycles. The lowest BCUT2D eigenvalue weighted by atomic mass is 10.0. The first kappa shape index (κ1) is 29.8. The number of alkyl halides is 2. The molecule has 4 atom stereocenters. The summed E-state index contributed by atoms with van der Waals surface area (Å²) in [5.74, 6) is -2.09. The lowest BCUT2D eigenvalue weighted by Gasteiger charge is -2.49. The predicted octanol–water partition coefficient (Wildman–Crippen LogP) is 1.60. The number of allylic oxidation sites excluding steroid dienone is 1. The average Bonchev–Trinajstić information content (AvgIpc) is 3.32. The Balaban J connectivity index is 1.53. The van der Waals surface area contributed by atoms with Crippen LogP contribution >= 0.6 is 35.0 Å². The summed E-state index contributed by atoms with van der Waals surface area (Å²) in [5.41, 5.74) is 6.54. The molecule has 2 saturated heterocycles. The molecule has 0 radical (unpaired) electrons. The van der Waals surface area contributed by atoms with Crippen molar-refractivity contribution in [1.82, 2.24) is 10.2 Å². The number of nitrogens with zero attached hydrogens (tertiary/aromatic N) is 3. The van der Waals surface area contributed by atoms with E-state index in [4.69, 9.17) is 33.7 Å². The third-order valence-electron chi connectivity index (χ3n) is 7.15. The molecule has 2 unspecified atom stereocenters. The minimum atomic E-state index is -1.35. The molecule has 3 N–H and O–H groups in total. The number of likely N-dealkylation sites (N-methyl/N-ethyl adjacent to an activating group) is 1. The topological polar surface area (TPSA) is 162 Å². The number of nitrogens with two attached hydrogens (primary N) is 1. The van der Waals surface area contributed by atoms with Crippen LogP contribution in [0, 0.1) is 16.0 Å². The van der Waals surface area contributed by atoms with Crippen LogP contribution in [0.2, 0.25) is 0 Å². The molecule has 0 saturated carbocycles. The highest BCUT2D eigenvalue weighted by Gasteiger charge is 2.54. The second-order valence-electron chi connectivity index (χ2n) is 10.1. The van der Waals surface area contributed by atoms with Gasteiger partial charge in [0.15, 0.2) is 4.84 Å². The molecule has 0 aromatic heterocycles. The number of hydrogen-bond acceptors (Lipinski definition) is 8. The molecule has 2 fully saturated rings. The van der Waals surface area contributed by atoms with Gasteiger partial charge in [0.05, 0.1) is 37.5 Å². The number of quaternary nitrogens is 1. The third-order valence-corrected chi connectivity index (χ3v) is 8.85. The molecule has 4 rings (SSSR count). The minimum Gasteiger partial charge on any atom is -0.456 e. The number of thioether (sulfide) groups is 1. The van der Waals surface area contributed by atoms with E-state index in [0.29, 0.717) is 40.9 Å². The number of non-ortho nitro benzene ring substituents is 1. The highest BCUT2D eigenvalue weighted by molar-refractivity contribution is 8.00. The summed E-state index contributed by atoms with van der Waals surface area (Å²) in [6, 6.07) is 4.67. The number of benzene rings is 1. The number of esters is 1. The lowest BCUT2D eigenvalue weighted by Crippen LogP contribution is -2.71. The summed E-state index contributed by atoms with van der Waals surface area (Å²) in [6.45, 7) is 1.83. The molecule has 0 spiro atoms. The number of nitro benzene ring substituents is 1. The van der Waals surface area contributed by atoms with Crippen LogP contribution in [0.1, 0.15) is 12.0 Å². The van der Waals surface area contributed by atoms with Gasteiger partial charge in [-0.15, -0.1) is 11.8 Å². The molecule has 3 amide bonds. The first-order chi connectivity index (χ1) is 18.9. The normalized spacial score (nSPS) is 26.1. The number of hydrogen-bond donors (Lipinski definition) is 2. The highest BCUT2D eigenvalue weighted by atomic mass is 35.5. The number of likely N-dealkylation sites (tertiary alicyclic amines) is 1. The van der Waals surface area contributed by atoms with Gasteiger partial charge in [-0.05, 0) is 29.3 Å². The van der Waals surface area contributed by atoms with Crippen LogP contribution in [0.3, 0.4) is 0 Å². The van der Waals surface area contributed by atoms with Gasteiger partial charge in [0, 0.05) is 24.3 Å². The first-order valence-corrected chi connectivity index (χ1v) is 14.3. The SMILES string of the molecule is C[N+]1(C/C=C/C2=C(C(=O)OCc3ccc([N+](=O)[O-])cc3)N3C(=O)[C@@H](NC(=O)C(Cl)Cl)[C@@H]3SC2)CCC(C(N)=O)C1. The average molecular weight is 613 g/mol. The van der Waals surface area contributed by atoms with Gasteiger partial charge in [-0.1, -0.05) is 29.3 Å². The summed E-state index contributed by atoms with van der Waals surface area (Å²) in [4.78, 5) is 60.3. The molecule has 0 bridgehead atoms. The van der Waals surface area contributed by atoms with Gasteiger partial charge in [0.1, 0.15) is 23.7 Å². The molecule has 214 valence electrons. The van der Waals surface area contributed by atoms with E-state index in [1.54, 1.807) is 6.08 Å². The Morgan fingerprint density at radius 3 is 2.62 bits per heavy atom. The van der Waals surface area contributed by atoms with Crippen molar-refractivity contribution in [2.24, 2.45) is 11.7 Å². The molecule has 1 aromatic rings. The lowest BCUT2D eigenvalue weighted by molar-refractivity contribution is -0.892. The van der Waals surface area contributed by atoms with Crippen molar-refractivity contribution >= 4 is 64.3 Å². The van der Waals surface area contributed by atoms with Crippen LogP contribution < -0.4 is 11.1 Å². The Bertz CT molecular complexity index is 1290. The van der Waals surface area contributed by atoms with Crippen LogP contribution in [0.15, 0.2) is 47.7 Å². The fraction of sp³-hybridized carbons (Fsp3) is 0.440. The van der Waals surface area contributed by atoms with Crippen molar-refractivity contribution < 1.29 is 33.3 Å². The summed E-state index contributed by atoms with van der Waals surface area (Å²) >= 11 is 12.6. The van der Waals surface area contributed by atoms with Crippen molar-refractivity contribution in [3.05, 3.63) is 63.4 Å². The van der Waals surface area contributed by atoms with Gasteiger partial charge in [0.25, 0.3) is 17.5 Å². The van der Waals surface area contributed by atoms with Crippen LogP contribution in [0.5, 0.6) is 0 Å². The standard InChI is InChI=1S/C25H27Cl2N5O7S/c1-32(10-8-15(11-32)21(28)33)9-2-3-16-13-40-24-18(29-22(34)20(26)27)23(35)30(24)19(16)25(36)39-12-14-4-6-17(7-5-14)31(37)38/h2-7,15,18,20,24H,8-13H2,1H3,(H2-,28,29,33,34)/p+1/b3-2+/t15?,18-,24+,32?/m1/s1. The number of rotatable bonds is 10. The molecular formula is C25H28Cl2N5O7S+. The fourth-order valence-corrected chi connectivity index (χ4v) is 6.38. The van der Waals surface area contributed by atoms with Gasteiger partial charge in [-0.2, -0.15) is 0 Å². The molecule has 12 nitrogen and oxygen atoms in total. The second-order valence-corrected chi connectivity index (χ2v) is 12.3. The van der Waals surface area contributed by atoms with E-state index in [-0.39, 0.29) is 29.8 Å². The zero-order valence-electron chi connectivity index (χ0n) is 21.5. The van der Waals surface area contributed by atoms with Crippen molar-refractivity contribution in [3.63, 3.8) is 0 Å². The third kappa shape index (κ3) is 6.43. The molecule has 3 aliphatic rings. The maximum atomic E-state index is 13.3. The van der Waals surface area contributed by atoms with Gasteiger partial charge in [-0.25, -0.2) is 4.79 Å². The van der Waals surface area contributed by atoms with E-state index in [0.717, 1.165) is 6.54 Å². The summed E-state index contributed by atoms with van der Waals surface area (Å²) in [5, 5.41) is 12.9. The molecule has 15 heteroatoms. The van der Waals surface area contributed by atoms with E-state index in [1.165, 1.54) is 40.9 Å².